The maximum absolute atomic E-state index is 12.7. The summed E-state index contributed by atoms with van der Waals surface area (Å²) >= 11 is 12.2. The van der Waals surface area contributed by atoms with Crippen LogP contribution in [0.3, 0.4) is 0 Å². The third-order valence-corrected chi connectivity index (χ3v) is 5.86. The van der Waals surface area contributed by atoms with E-state index in [1.807, 2.05) is 50.2 Å². The van der Waals surface area contributed by atoms with Crippen molar-refractivity contribution in [3.8, 4) is 16.9 Å². The first kappa shape index (κ1) is 22.0. The van der Waals surface area contributed by atoms with E-state index in [1.165, 1.54) is 6.08 Å². The molecule has 0 saturated heterocycles. The zero-order valence-corrected chi connectivity index (χ0v) is 19.3. The molecule has 3 aromatic carbocycles. The number of hydrogen-bond acceptors (Lipinski definition) is 3. The van der Waals surface area contributed by atoms with Gasteiger partial charge in [0.1, 0.15) is 11.3 Å². The molecule has 4 nitrogen and oxygen atoms in total. The molecule has 0 saturated carbocycles. The average molecular weight is 466 g/mol. The lowest BCUT2D eigenvalue weighted by Crippen LogP contribution is -2.09. The predicted molar refractivity (Wildman–Crippen MR) is 132 cm³/mol. The second kappa shape index (κ2) is 9.11. The number of halogens is 2. The van der Waals surface area contributed by atoms with Gasteiger partial charge in [0, 0.05) is 33.2 Å². The number of allylic oxidation sites excluding steroid dienone is 1. The quantitative estimate of drug-likeness (QED) is 0.306. The summed E-state index contributed by atoms with van der Waals surface area (Å²) < 4.78 is 11.6. The van der Waals surface area contributed by atoms with Gasteiger partial charge in [-0.2, -0.15) is 0 Å². The van der Waals surface area contributed by atoms with E-state index < -0.39 is 0 Å². The first-order chi connectivity index (χ1) is 15.4. The van der Waals surface area contributed by atoms with Gasteiger partial charge >= 0.3 is 0 Å². The number of anilines is 1. The fourth-order valence-corrected chi connectivity index (χ4v) is 4.09. The van der Waals surface area contributed by atoms with Gasteiger partial charge in [-0.1, -0.05) is 53.5 Å². The molecule has 0 aliphatic heterocycles. The van der Waals surface area contributed by atoms with Crippen molar-refractivity contribution < 1.29 is 13.9 Å². The van der Waals surface area contributed by atoms with E-state index in [-0.39, 0.29) is 5.91 Å². The number of fused-ring (bicyclic) bond motifs is 1. The number of furan rings is 1. The summed E-state index contributed by atoms with van der Waals surface area (Å²) in [6.07, 6.45) is 3.27. The highest BCUT2D eigenvalue weighted by atomic mass is 35.5. The van der Waals surface area contributed by atoms with E-state index in [2.05, 4.69) is 5.32 Å². The second-order valence-electron chi connectivity index (χ2n) is 7.42. The van der Waals surface area contributed by atoms with Gasteiger partial charge in [-0.25, -0.2) is 0 Å². The minimum absolute atomic E-state index is 0.318. The molecule has 4 rings (SSSR count). The Morgan fingerprint density at radius 1 is 1.09 bits per heavy atom. The number of hydrogen-bond donors (Lipinski definition) is 1. The van der Waals surface area contributed by atoms with Crippen LogP contribution in [0.15, 0.2) is 71.4 Å². The van der Waals surface area contributed by atoms with E-state index in [9.17, 15) is 4.79 Å². The number of methoxy groups -OCH3 is 1. The van der Waals surface area contributed by atoms with Crippen LogP contribution in [0.2, 0.25) is 10.0 Å². The summed E-state index contributed by atoms with van der Waals surface area (Å²) in [6, 6.07) is 16.9. The van der Waals surface area contributed by atoms with Gasteiger partial charge in [0.15, 0.2) is 0 Å². The van der Waals surface area contributed by atoms with Gasteiger partial charge < -0.3 is 14.5 Å². The lowest BCUT2D eigenvalue weighted by Gasteiger charge is -2.13. The van der Waals surface area contributed by atoms with Crippen molar-refractivity contribution in [2.45, 2.75) is 13.8 Å². The Morgan fingerprint density at radius 3 is 2.56 bits per heavy atom. The molecule has 0 spiro atoms. The fourth-order valence-electron chi connectivity index (χ4n) is 3.75. The highest BCUT2D eigenvalue weighted by Gasteiger charge is 2.19. The van der Waals surface area contributed by atoms with Crippen molar-refractivity contribution in [1.82, 2.24) is 0 Å². The smallest absolute Gasteiger partial charge is 0.248 e. The van der Waals surface area contributed by atoms with Crippen LogP contribution in [0, 0.1) is 6.92 Å². The van der Waals surface area contributed by atoms with E-state index in [4.69, 9.17) is 32.4 Å². The first-order valence-electron chi connectivity index (χ1n) is 9.98. The summed E-state index contributed by atoms with van der Waals surface area (Å²) in [7, 11) is 1.61. The van der Waals surface area contributed by atoms with Crippen LogP contribution in [-0.2, 0) is 4.79 Å². The molecule has 1 N–H and O–H groups in total. The molecule has 1 aromatic heterocycles. The molecular weight excluding hydrogens is 445 g/mol. The molecule has 6 heteroatoms. The third-order valence-electron chi connectivity index (χ3n) is 5.29. The topological polar surface area (TPSA) is 51.5 Å². The van der Waals surface area contributed by atoms with Crippen molar-refractivity contribution in [3.63, 3.8) is 0 Å². The largest absolute Gasteiger partial charge is 0.496 e. The van der Waals surface area contributed by atoms with Crippen molar-refractivity contribution >= 4 is 51.3 Å². The fraction of sp³-hybridized carbons (Fsp3) is 0.115. The van der Waals surface area contributed by atoms with Crippen LogP contribution >= 0.6 is 23.2 Å². The summed E-state index contributed by atoms with van der Waals surface area (Å²) in [5, 5.41) is 4.64. The summed E-state index contributed by atoms with van der Waals surface area (Å²) in [5.74, 6) is 0.343. The predicted octanol–water partition coefficient (Wildman–Crippen LogP) is 7.77. The Hall–Kier alpha value is -3.21. The Kier molecular flexibility index (Phi) is 6.26. The molecule has 32 heavy (non-hydrogen) atoms. The van der Waals surface area contributed by atoms with Gasteiger partial charge in [0.25, 0.3) is 0 Å². The van der Waals surface area contributed by atoms with E-state index in [0.717, 1.165) is 38.8 Å². The highest BCUT2D eigenvalue weighted by molar-refractivity contribution is 6.35. The minimum atomic E-state index is -0.318. The molecule has 0 radical (unpaired) electrons. The van der Waals surface area contributed by atoms with Crippen molar-refractivity contribution in [2.75, 3.05) is 12.4 Å². The number of nitrogens with one attached hydrogen (secondary N) is 1. The maximum Gasteiger partial charge on any atom is 0.248 e. The number of carbonyl (C=O) groups is 1. The molecule has 0 aliphatic rings. The van der Waals surface area contributed by atoms with Crippen LogP contribution in [-0.4, -0.2) is 13.0 Å². The zero-order chi connectivity index (χ0) is 22.8. The van der Waals surface area contributed by atoms with Crippen molar-refractivity contribution in [2.24, 2.45) is 0 Å². The average Bonchev–Trinajstić information content (AvgIpc) is 3.21. The number of amides is 1. The molecule has 0 atom stereocenters. The summed E-state index contributed by atoms with van der Waals surface area (Å²) in [4.78, 5) is 12.7. The Morgan fingerprint density at radius 2 is 1.84 bits per heavy atom. The van der Waals surface area contributed by atoms with Gasteiger partial charge in [-0.3, -0.25) is 4.79 Å². The van der Waals surface area contributed by atoms with E-state index in [0.29, 0.717) is 21.5 Å². The van der Waals surface area contributed by atoms with Crippen LogP contribution < -0.4 is 10.1 Å². The molecule has 4 aromatic rings. The number of rotatable bonds is 5. The first-order valence-corrected chi connectivity index (χ1v) is 10.7. The zero-order valence-electron chi connectivity index (χ0n) is 17.8. The highest BCUT2D eigenvalue weighted by Crippen LogP contribution is 2.40. The van der Waals surface area contributed by atoms with Crippen LogP contribution in [0.1, 0.15) is 18.1 Å². The maximum atomic E-state index is 12.7. The van der Waals surface area contributed by atoms with Crippen LogP contribution in [0.4, 0.5) is 5.69 Å². The molecule has 1 heterocycles. The minimum Gasteiger partial charge on any atom is -0.496 e. The third kappa shape index (κ3) is 4.24. The molecule has 0 bridgehead atoms. The molecule has 0 aliphatic carbocycles. The van der Waals surface area contributed by atoms with Crippen molar-refractivity contribution in [3.05, 3.63) is 88.1 Å². The van der Waals surface area contributed by atoms with Gasteiger partial charge in [-0.05, 0) is 49.2 Å². The Bertz CT molecular complexity index is 1340. The number of ether oxygens (including phenoxy) is 1. The van der Waals surface area contributed by atoms with Crippen LogP contribution in [0.25, 0.3) is 27.7 Å². The van der Waals surface area contributed by atoms with Gasteiger partial charge in [0.2, 0.25) is 5.91 Å². The molecule has 1 amide bonds. The normalized spacial score (nSPS) is 11.6. The lowest BCUT2D eigenvalue weighted by molar-refractivity contribution is -0.111. The van der Waals surface area contributed by atoms with Gasteiger partial charge in [0.05, 0.1) is 24.1 Å². The second-order valence-corrected chi connectivity index (χ2v) is 8.26. The lowest BCUT2D eigenvalue weighted by atomic mass is 9.96. The standard InChI is InChI=1S/C26H21Cl2NO3/c1-15(11-24(30)29-23-12-18(27)9-10-22(23)28)19-13-20-21(17-7-5-4-6-8-17)14-32-26(20)16(2)25(19)31-3/h4-14H,1-3H3,(H,29,30)/b15-11+. The van der Waals surface area contributed by atoms with E-state index in [1.54, 1.807) is 31.6 Å². The molecule has 0 unspecified atom stereocenters. The number of aryl methyl sites for hydroxylation is 1. The Balaban J connectivity index is 1.76. The molecular formula is C26H21Cl2NO3. The van der Waals surface area contributed by atoms with E-state index >= 15 is 0 Å². The van der Waals surface area contributed by atoms with Gasteiger partial charge in [-0.15, -0.1) is 0 Å². The SMILES string of the molecule is COc1c(/C(C)=C/C(=O)Nc2cc(Cl)ccc2Cl)cc2c(-c3ccccc3)coc2c1C. The summed E-state index contributed by atoms with van der Waals surface area (Å²) in [5.41, 5.74) is 5.66. The van der Waals surface area contributed by atoms with Crippen molar-refractivity contribution in [1.29, 1.82) is 0 Å². The molecule has 162 valence electrons. The summed E-state index contributed by atoms with van der Waals surface area (Å²) in [6.45, 7) is 3.81. The molecule has 0 fully saturated rings. The monoisotopic (exact) mass is 465 g/mol. The Labute approximate surface area is 196 Å². The number of benzene rings is 3. The van der Waals surface area contributed by atoms with Crippen LogP contribution in [0.5, 0.6) is 5.75 Å². The number of carbonyl (C=O) groups excluding carboxylic acids is 1.